The fourth-order valence-corrected chi connectivity index (χ4v) is 3.09. The molecule has 1 aromatic rings. The van der Waals surface area contributed by atoms with Gasteiger partial charge in [-0.1, -0.05) is 0 Å². The maximum absolute atomic E-state index is 12.1. The first-order chi connectivity index (χ1) is 11.4. The molecule has 2 saturated carbocycles. The van der Waals surface area contributed by atoms with E-state index < -0.39 is 5.60 Å². The largest absolute Gasteiger partial charge is 0.444 e. The lowest BCUT2D eigenvalue weighted by molar-refractivity contribution is -0.0205. The highest BCUT2D eigenvalue weighted by Gasteiger charge is 2.43. The minimum absolute atomic E-state index is 0.219. The van der Waals surface area contributed by atoms with Gasteiger partial charge in [-0.3, -0.25) is 4.90 Å². The van der Waals surface area contributed by atoms with Crippen LogP contribution in [0.1, 0.15) is 64.2 Å². The van der Waals surface area contributed by atoms with Gasteiger partial charge in [0.2, 0.25) is 11.8 Å². The molecule has 1 amide bonds. The molecule has 0 aromatic carbocycles. The second-order valence-electron chi connectivity index (χ2n) is 8.25. The van der Waals surface area contributed by atoms with E-state index in [2.05, 4.69) is 15.1 Å². The first kappa shape index (κ1) is 15.9. The minimum atomic E-state index is -0.443. The smallest absolute Gasteiger partial charge is 0.410 e. The summed E-state index contributed by atoms with van der Waals surface area (Å²) in [6.07, 6.45) is 4.55. The predicted octanol–water partition coefficient (Wildman–Crippen LogP) is 2.53. The molecule has 7 heteroatoms. The van der Waals surface area contributed by atoms with Gasteiger partial charge in [-0.25, -0.2) is 4.79 Å². The van der Waals surface area contributed by atoms with Gasteiger partial charge in [-0.05, 0) is 46.5 Å². The molecule has 0 N–H and O–H groups in total. The minimum Gasteiger partial charge on any atom is -0.444 e. The Morgan fingerprint density at radius 2 is 1.92 bits per heavy atom. The van der Waals surface area contributed by atoms with Gasteiger partial charge in [0.15, 0.2) is 0 Å². The maximum Gasteiger partial charge on any atom is 0.410 e. The molecule has 0 radical (unpaired) electrons. The summed E-state index contributed by atoms with van der Waals surface area (Å²) in [5.74, 6) is 2.00. The van der Waals surface area contributed by atoms with Crippen LogP contribution in [0.2, 0.25) is 0 Å². The third kappa shape index (κ3) is 3.55. The highest BCUT2D eigenvalue weighted by Crippen LogP contribution is 2.39. The summed E-state index contributed by atoms with van der Waals surface area (Å²) in [4.78, 5) is 16.3. The van der Waals surface area contributed by atoms with E-state index in [0.717, 1.165) is 19.0 Å². The zero-order valence-corrected chi connectivity index (χ0v) is 14.7. The maximum atomic E-state index is 12.1. The molecule has 1 aromatic heterocycles. The number of likely N-dealkylation sites (tertiary alicyclic amines) is 1. The van der Waals surface area contributed by atoms with Crippen LogP contribution in [0, 0.1) is 0 Å². The van der Waals surface area contributed by atoms with Crippen LogP contribution in [0.25, 0.3) is 0 Å². The van der Waals surface area contributed by atoms with E-state index in [1.54, 1.807) is 4.90 Å². The van der Waals surface area contributed by atoms with Gasteiger partial charge >= 0.3 is 6.09 Å². The Hall–Kier alpha value is -1.63. The Morgan fingerprint density at radius 3 is 2.50 bits per heavy atom. The highest BCUT2D eigenvalue weighted by molar-refractivity contribution is 5.69. The van der Waals surface area contributed by atoms with Crippen LogP contribution < -0.4 is 0 Å². The van der Waals surface area contributed by atoms with Crippen molar-refractivity contribution >= 4 is 6.09 Å². The number of hydrogen-bond donors (Lipinski definition) is 0. The van der Waals surface area contributed by atoms with Crippen molar-refractivity contribution in [3.8, 4) is 0 Å². The van der Waals surface area contributed by atoms with E-state index in [0.29, 0.717) is 30.4 Å². The number of carbonyl (C=O) groups excluding carboxylic acids is 1. The van der Waals surface area contributed by atoms with E-state index in [-0.39, 0.29) is 6.09 Å². The van der Waals surface area contributed by atoms with Crippen LogP contribution in [-0.4, -0.2) is 56.9 Å². The van der Waals surface area contributed by atoms with Gasteiger partial charge in [0.25, 0.3) is 0 Å². The monoisotopic (exact) mass is 334 g/mol. The van der Waals surface area contributed by atoms with Crippen LogP contribution in [0.3, 0.4) is 0 Å². The SMILES string of the molecule is CC(C)(C)OC(=O)N1CC(N(Cc2nnc(C3CC3)o2)C2CC2)C1. The van der Waals surface area contributed by atoms with Crippen molar-refractivity contribution in [2.75, 3.05) is 13.1 Å². The quantitative estimate of drug-likeness (QED) is 0.824. The number of carbonyl (C=O) groups is 1. The Morgan fingerprint density at radius 1 is 1.21 bits per heavy atom. The second kappa shape index (κ2) is 5.72. The van der Waals surface area contributed by atoms with Gasteiger partial charge in [0.1, 0.15) is 5.60 Å². The van der Waals surface area contributed by atoms with Gasteiger partial charge < -0.3 is 14.1 Å². The van der Waals surface area contributed by atoms with Crippen molar-refractivity contribution in [2.24, 2.45) is 0 Å². The van der Waals surface area contributed by atoms with E-state index in [1.165, 1.54) is 25.7 Å². The number of nitrogens with zero attached hydrogens (tertiary/aromatic N) is 4. The summed E-state index contributed by atoms with van der Waals surface area (Å²) < 4.78 is 11.2. The first-order valence-corrected chi connectivity index (χ1v) is 8.95. The predicted molar refractivity (Wildman–Crippen MR) is 86.4 cm³/mol. The van der Waals surface area contributed by atoms with Crippen LogP contribution in [0.4, 0.5) is 4.79 Å². The van der Waals surface area contributed by atoms with Gasteiger partial charge in [-0.2, -0.15) is 0 Å². The van der Waals surface area contributed by atoms with E-state index in [1.807, 2.05) is 20.8 Å². The van der Waals surface area contributed by atoms with Crippen molar-refractivity contribution in [1.82, 2.24) is 20.0 Å². The summed E-state index contributed by atoms with van der Waals surface area (Å²) in [6, 6.07) is 0.952. The zero-order chi connectivity index (χ0) is 16.9. The Bertz CT molecular complexity index is 610. The molecule has 3 aliphatic rings. The lowest BCUT2D eigenvalue weighted by atomic mass is 10.1. The molecule has 132 valence electrons. The zero-order valence-electron chi connectivity index (χ0n) is 14.7. The van der Waals surface area contributed by atoms with Gasteiger partial charge in [0.05, 0.1) is 6.54 Å². The van der Waals surface area contributed by atoms with Crippen molar-refractivity contribution in [3.63, 3.8) is 0 Å². The fourth-order valence-electron chi connectivity index (χ4n) is 3.09. The van der Waals surface area contributed by atoms with Crippen molar-refractivity contribution in [3.05, 3.63) is 11.8 Å². The number of ether oxygens (including phenoxy) is 1. The first-order valence-electron chi connectivity index (χ1n) is 8.95. The molecule has 4 rings (SSSR count). The summed E-state index contributed by atoms with van der Waals surface area (Å²) >= 11 is 0. The van der Waals surface area contributed by atoms with Crippen LogP contribution in [0.5, 0.6) is 0 Å². The molecule has 2 heterocycles. The number of hydrogen-bond acceptors (Lipinski definition) is 6. The van der Waals surface area contributed by atoms with E-state index in [9.17, 15) is 4.79 Å². The molecule has 24 heavy (non-hydrogen) atoms. The normalized spacial score (nSPS) is 21.9. The second-order valence-corrected chi connectivity index (χ2v) is 8.25. The Balaban J connectivity index is 1.32. The van der Waals surface area contributed by atoms with Gasteiger partial charge in [-0.15, -0.1) is 10.2 Å². The molecule has 2 aliphatic carbocycles. The lowest BCUT2D eigenvalue weighted by Crippen LogP contribution is -2.61. The van der Waals surface area contributed by atoms with E-state index in [4.69, 9.17) is 9.15 Å². The van der Waals surface area contributed by atoms with Crippen molar-refractivity contribution < 1.29 is 13.9 Å². The third-order valence-corrected chi connectivity index (χ3v) is 4.73. The van der Waals surface area contributed by atoms with Gasteiger partial charge in [0, 0.05) is 31.1 Å². The Kier molecular flexibility index (Phi) is 3.78. The number of aromatic nitrogens is 2. The number of amides is 1. The molecule has 3 fully saturated rings. The van der Waals surface area contributed by atoms with Crippen molar-refractivity contribution in [2.45, 2.75) is 76.6 Å². The molecule has 0 bridgehead atoms. The average Bonchev–Trinajstić information content (AvgIpc) is 3.33. The summed E-state index contributed by atoms with van der Waals surface area (Å²) in [7, 11) is 0. The summed E-state index contributed by atoms with van der Waals surface area (Å²) in [6.45, 7) is 7.81. The summed E-state index contributed by atoms with van der Waals surface area (Å²) in [5.41, 5.74) is -0.443. The molecule has 0 atom stereocenters. The van der Waals surface area contributed by atoms with Crippen LogP contribution in [-0.2, 0) is 11.3 Å². The highest BCUT2D eigenvalue weighted by atomic mass is 16.6. The lowest BCUT2D eigenvalue weighted by Gasteiger charge is -2.45. The summed E-state index contributed by atoms with van der Waals surface area (Å²) in [5, 5.41) is 8.38. The molecular formula is C17H26N4O3. The third-order valence-electron chi connectivity index (χ3n) is 4.73. The molecule has 0 spiro atoms. The topological polar surface area (TPSA) is 71.7 Å². The van der Waals surface area contributed by atoms with E-state index >= 15 is 0 Å². The van der Waals surface area contributed by atoms with Crippen molar-refractivity contribution in [1.29, 1.82) is 0 Å². The fraction of sp³-hybridized carbons (Fsp3) is 0.824. The molecule has 1 saturated heterocycles. The molecular weight excluding hydrogens is 308 g/mol. The molecule has 1 aliphatic heterocycles. The van der Waals surface area contributed by atoms with Crippen LogP contribution in [0.15, 0.2) is 4.42 Å². The average molecular weight is 334 g/mol. The standard InChI is InChI=1S/C17H26N4O3/c1-17(2,3)24-16(22)20-8-13(9-20)21(12-6-7-12)10-14-18-19-15(23-14)11-4-5-11/h11-13H,4-10H2,1-3H3. The molecule has 0 unspecified atom stereocenters. The van der Waals surface area contributed by atoms with Crippen LogP contribution >= 0.6 is 0 Å². The number of rotatable bonds is 5. The molecule has 7 nitrogen and oxygen atoms in total. The Labute approximate surface area is 142 Å².